The van der Waals surface area contributed by atoms with Gasteiger partial charge >= 0.3 is 0 Å². The Morgan fingerprint density at radius 3 is 2.48 bits per heavy atom. The molecular formula is C22H25NO2. The zero-order valence-corrected chi connectivity index (χ0v) is 14.7. The number of nitrogens with zero attached hydrogens (tertiary/aromatic N) is 1. The van der Waals surface area contributed by atoms with E-state index in [1.165, 1.54) is 6.42 Å². The van der Waals surface area contributed by atoms with Gasteiger partial charge in [-0.05, 0) is 30.4 Å². The van der Waals surface area contributed by atoms with Crippen LogP contribution < -0.4 is 0 Å². The molecule has 2 aliphatic rings. The van der Waals surface area contributed by atoms with Crippen molar-refractivity contribution in [3.8, 4) is 0 Å². The molecule has 3 heteroatoms. The molecule has 3 nitrogen and oxygen atoms in total. The number of aliphatic hydroxyl groups is 1. The molecule has 130 valence electrons. The second-order valence-electron chi connectivity index (χ2n) is 7.53. The molecule has 0 radical (unpaired) electrons. The number of carbonyl (C=O) groups excluding carboxylic acids is 1. The Hall–Kier alpha value is -2.13. The normalized spacial score (nSPS) is 28.9. The van der Waals surface area contributed by atoms with Crippen molar-refractivity contribution >= 4 is 5.91 Å². The van der Waals surface area contributed by atoms with E-state index in [2.05, 4.69) is 6.92 Å². The lowest BCUT2D eigenvalue weighted by Gasteiger charge is -2.44. The van der Waals surface area contributed by atoms with E-state index in [0.29, 0.717) is 17.9 Å². The van der Waals surface area contributed by atoms with Gasteiger partial charge in [0.1, 0.15) is 0 Å². The Kier molecular flexibility index (Phi) is 4.12. The molecule has 1 aliphatic heterocycles. The monoisotopic (exact) mass is 335 g/mol. The summed E-state index contributed by atoms with van der Waals surface area (Å²) in [7, 11) is 0. The Balaban J connectivity index is 1.79. The van der Waals surface area contributed by atoms with Crippen molar-refractivity contribution in [2.24, 2.45) is 5.92 Å². The van der Waals surface area contributed by atoms with Gasteiger partial charge in [0.05, 0.1) is 0 Å². The van der Waals surface area contributed by atoms with Crippen LogP contribution in [0.15, 0.2) is 54.6 Å². The third kappa shape index (κ3) is 2.67. The van der Waals surface area contributed by atoms with E-state index < -0.39 is 5.72 Å². The predicted octanol–water partition coefficient (Wildman–Crippen LogP) is 4.11. The number of fused-ring (bicyclic) bond motifs is 1. The van der Waals surface area contributed by atoms with Crippen LogP contribution in [-0.4, -0.2) is 22.0 Å². The van der Waals surface area contributed by atoms with Crippen LogP contribution in [0.3, 0.4) is 0 Å². The van der Waals surface area contributed by atoms with Crippen LogP contribution in [-0.2, 0) is 12.1 Å². The topological polar surface area (TPSA) is 40.5 Å². The largest absolute Gasteiger partial charge is 0.366 e. The predicted molar refractivity (Wildman–Crippen MR) is 98.1 cm³/mol. The first-order valence-corrected chi connectivity index (χ1v) is 9.31. The van der Waals surface area contributed by atoms with Crippen molar-refractivity contribution in [3.05, 3.63) is 71.3 Å². The summed E-state index contributed by atoms with van der Waals surface area (Å²) in [5, 5.41) is 11.8. The van der Waals surface area contributed by atoms with Crippen molar-refractivity contribution in [2.45, 2.75) is 50.8 Å². The van der Waals surface area contributed by atoms with Crippen LogP contribution in [0.25, 0.3) is 0 Å². The van der Waals surface area contributed by atoms with Crippen molar-refractivity contribution in [3.63, 3.8) is 0 Å². The molecule has 1 heterocycles. The van der Waals surface area contributed by atoms with E-state index in [1.807, 2.05) is 54.6 Å². The molecule has 0 unspecified atom stereocenters. The number of hydrogen-bond donors (Lipinski definition) is 1. The summed E-state index contributed by atoms with van der Waals surface area (Å²) in [5.74, 6) is 0.391. The molecule has 2 aromatic carbocycles. The van der Waals surface area contributed by atoms with E-state index in [4.69, 9.17) is 0 Å². The van der Waals surface area contributed by atoms with Crippen LogP contribution in [0, 0.1) is 5.92 Å². The summed E-state index contributed by atoms with van der Waals surface area (Å²) in [5.41, 5.74) is 1.19. The molecule has 0 aromatic heterocycles. The van der Waals surface area contributed by atoms with Crippen molar-refractivity contribution < 1.29 is 9.90 Å². The molecule has 0 saturated heterocycles. The van der Waals surface area contributed by atoms with Gasteiger partial charge in [-0.1, -0.05) is 68.3 Å². The summed E-state index contributed by atoms with van der Waals surface area (Å²) in [6.07, 6.45) is 4.85. The molecule has 25 heavy (non-hydrogen) atoms. The summed E-state index contributed by atoms with van der Waals surface area (Å²) in [6, 6.07) is 17.6. The lowest BCUT2D eigenvalue weighted by atomic mass is 9.83. The molecule has 3 atom stereocenters. The molecule has 1 N–H and O–H groups in total. The van der Waals surface area contributed by atoms with Crippen LogP contribution >= 0.6 is 0 Å². The van der Waals surface area contributed by atoms with E-state index >= 15 is 0 Å². The molecule has 2 aromatic rings. The highest BCUT2D eigenvalue weighted by Crippen LogP contribution is 2.44. The van der Waals surface area contributed by atoms with Crippen molar-refractivity contribution in [1.82, 2.24) is 4.90 Å². The van der Waals surface area contributed by atoms with Gasteiger partial charge in [-0.2, -0.15) is 0 Å². The van der Waals surface area contributed by atoms with E-state index in [9.17, 15) is 9.90 Å². The minimum atomic E-state index is -1.26. The first kappa shape index (κ1) is 16.3. The van der Waals surface area contributed by atoms with E-state index in [0.717, 1.165) is 30.4 Å². The first-order valence-electron chi connectivity index (χ1n) is 9.31. The van der Waals surface area contributed by atoms with Gasteiger partial charge in [0.15, 0.2) is 5.72 Å². The van der Waals surface area contributed by atoms with E-state index in [1.54, 1.807) is 4.90 Å². The Labute approximate surface area is 149 Å². The molecule has 4 rings (SSSR count). The third-order valence-electron chi connectivity index (χ3n) is 5.90. The zero-order chi connectivity index (χ0) is 17.4. The fourth-order valence-corrected chi connectivity index (χ4v) is 4.61. The molecule has 1 amide bonds. The SMILES string of the molecule is C[C@@H]1CCCC[C@H]1N1C(=O)c2ccccc2[C@]1(O)Cc1ccccc1. The van der Waals surface area contributed by atoms with Gasteiger partial charge in [0.2, 0.25) is 0 Å². The molecule has 1 aliphatic carbocycles. The standard InChI is InChI=1S/C22H25NO2/c1-16-9-5-8-14-20(16)23-21(24)18-12-6-7-13-19(18)22(23,25)15-17-10-3-2-4-11-17/h2-4,6-7,10-13,16,20,25H,5,8-9,14-15H2,1H3/t16-,20-,22-/m1/s1. The lowest BCUT2D eigenvalue weighted by Crippen LogP contribution is -2.54. The van der Waals surface area contributed by atoms with Gasteiger partial charge in [-0.25, -0.2) is 0 Å². The van der Waals surface area contributed by atoms with Crippen LogP contribution in [0.1, 0.15) is 54.1 Å². The van der Waals surface area contributed by atoms with Crippen LogP contribution in [0.5, 0.6) is 0 Å². The highest BCUT2D eigenvalue weighted by Gasteiger charge is 2.52. The van der Waals surface area contributed by atoms with Gasteiger partial charge in [-0.3, -0.25) is 4.79 Å². The maximum absolute atomic E-state index is 13.2. The summed E-state index contributed by atoms with van der Waals surface area (Å²) in [4.78, 5) is 15.0. The van der Waals surface area contributed by atoms with Crippen molar-refractivity contribution in [2.75, 3.05) is 0 Å². The van der Waals surface area contributed by atoms with Crippen LogP contribution in [0.4, 0.5) is 0 Å². The average Bonchev–Trinajstić information content (AvgIpc) is 2.85. The number of carbonyl (C=O) groups is 1. The Bertz CT molecular complexity index is 773. The zero-order valence-electron chi connectivity index (χ0n) is 14.7. The minimum absolute atomic E-state index is 0.0206. The molecule has 1 fully saturated rings. The molecule has 0 bridgehead atoms. The number of rotatable bonds is 3. The minimum Gasteiger partial charge on any atom is -0.366 e. The third-order valence-corrected chi connectivity index (χ3v) is 5.90. The maximum Gasteiger partial charge on any atom is 0.257 e. The first-order chi connectivity index (χ1) is 12.1. The smallest absolute Gasteiger partial charge is 0.257 e. The molecule has 1 saturated carbocycles. The Morgan fingerprint density at radius 1 is 1.04 bits per heavy atom. The Morgan fingerprint density at radius 2 is 1.72 bits per heavy atom. The number of benzene rings is 2. The average molecular weight is 335 g/mol. The second kappa shape index (κ2) is 6.30. The van der Waals surface area contributed by atoms with Gasteiger partial charge in [-0.15, -0.1) is 0 Å². The number of hydrogen-bond acceptors (Lipinski definition) is 2. The second-order valence-corrected chi connectivity index (χ2v) is 7.53. The highest BCUT2D eigenvalue weighted by molar-refractivity contribution is 6.00. The van der Waals surface area contributed by atoms with Crippen LogP contribution in [0.2, 0.25) is 0 Å². The van der Waals surface area contributed by atoms with Gasteiger partial charge < -0.3 is 10.0 Å². The van der Waals surface area contributed by atoms with E-state index in [-0.39, 0.29) is 11.9 Å². The fourth-order valence-electron chi connectivity index (χ4n) is 4.61. The van der Waals surface area contributed by atoms with Gasteiger partial charge in [0.25, 0.3) is 5.91 Å². The molecular weight excluding hydrogens is 310 g/mol. The summed E-state index contributed by atoms with van der Waals surface area (Å²) in [6.45, 7) is 2.21. The highest BCUT2D eigenvalue weighted by atomic mass is 16.3. The number of amides is 1. The lowest BCUT2D eigenvalue weighted by molar-refractivity contribution is -0.115. The van der Waals surface area contributed by atoms with Gasteiger partial charge in [0, 0.05) is 23.6 Å². The summed E-state index contributed by atoms with van der Waals surface area (Å²) < 4.78 is 0. The quantitative estimate of drug-likeness (QED) is 0.917. The molecule has 0 spiro atoms. The maximum atomic E-state index is 13.2. The fraction of sp³-hybridized carbons (Fsp3) is 0.409. The summed E-state index contributed by atoms with van der Waals surface area (Å²) >= 11 is 0. The van der Waals surface area contributed by atoms with Crippen molar-refractivity contribution in [1.29, 1.82) is 0 Å².